The fraction of sp³-hybridized carbons (Fsp3) is 0.182. The quantitative estimate of drug-likeness (QED) is 0.774. The molecule has 0 heterocycles. The van der Waals surface area contributed by atoms with Gasteiger partial charge < -0.3 is 15.7 Å². The summed E-state index contributed by atoms with van der Waals surface area (Å²) in [6.45, 7) is 0.00359. The third kappa shape index (κ3) is 4.31. The third-order valence-electron chi connectivity index (χ3n) is 1.97. The summed E-state index contributed by atoms with van der Waals surface area (Å²) in [4.78, 5) is 21.7. The summed E-state index contributed by atoms with van der Waals surface area (Å²) in [7, 11) is 0. The molecule has 0 aliphatic heterocycles. The first-order valence-electron chi connectivity index (χ1n) is 4.99. The first-order valence-corrected chi connectivity index (χ1v) is 5.37. The smallest absolute Gasteiger partial charge is 0.319 e. The first-order chi connectivity index (χ1) is 8.52. The number of amides is 2. The zero-order valence-corrected chi connectivity index (χ0v) is 9.99. The van der Waals surface area contributed by atoms with Crippen LogP contribution in [0.15, 0.2) is 18.2 Å². The van der Waals surface area contributed by atoms with Gasteiger partial charge in [0.25, 0.3) is 0 Å². The molecule has 18 heavy (non-hydrogen) atoms. The van der Waals surface area contributed by atoms with Crippen LogP contribution in [0.5, 0.6) is 0 Å². The van der Waals surface area contributed by atoms with E-state index < -0.39 is 12.0 Å². The van der Waals surface area contributed by atoms with Crippen LogP contribution in [0.2, 0.25) is 5.02 Å². The van der Waals surface area contributed by atoms with Gasteiger partial charge in [-0.25, -0.2) is 4.79 Å². The first kappa shape index (κ1) is 13.8. The molecule has 3 N–H and O–H groups in total. The number of aliphatic carboxylic acids is 1. The van der Waals surface area contributed by atoms with Gasteiger partial charge in [-0.15, -0.1) is 0 Å². The molecule has 0 aromatic heterocycles. The van der Waals surface area contributed by atoms with Crippen molar-refractivity contribution in [2.75, 3.05) is 11.9 Å². The monoisotopic (exact) mass is 267 g/mol. The van der Waals surface area contributed by atoms with Crippen molar-refractivity contribution < 1.29 is 14.7 Å². The van der Waals surface area contributed by atoms with Crippen molar-refractivity contribution >= 4 is 29.3 Å². The Morgan fingerprint density at radius 1 is 1.44 bits per heavy atom. The lowest BCUT2D eigenvalue weighted by Gasteiger charge is -2.08. The van der Waals surface area contributed by atoms with Crippen molar-refractivity contribution in [3.8, 4) is 6.07 Å². The summed E-state index contributed by atoms with van der Waals surface area (Å²) in [5, 5.41) is 22.4. The number of nitrogens with one attached hydrogen (secondary N) is 2. The van der Waals surface area contributed by atoms with Gasteiger partial charge in [-0.1, -0.05) is 11.6 Å². The summed E-state index contributed by atoms with van der Waals surface area (Å²) in [5.41, 5.74) is 0.547. The Morgan fingerprint density at radius 3 is 2.78 bits per heavy atom. The minimum absolute atomic E-state index is 0.00359. The second-order valence-corrected chi connectivity index (χ2v) is 3.76. The summed E-state index contributed by atoms with van der Waals surface area (Å²) in [5.74, 6) is -1.00. The predicted molar refractivity (Wildman–Crippen MR) is 65.4 cm³/mol. The van der Waals surface area contributed by atoms with E-state index in [9.17, 15) is 9.59 Å². The molecule has 0 saturated heterocycles. The molecule has 0 spiro atoms. The SMILES string of the molecule is N#Cc1ccc(Cl)cc1NC(=O)NCCC(=O)O. The molecule has 0 saturated carbocycles. The van der Waals surface area contributed by atoms with Gasteiger partial charge in [-0.05, 0) is 18.2 Å². The van der Waals surface area contributed by atoms with Gasteiger partial charge in [-0.2, -0.15) is 5.26 Å². The lowest BCUT2D eigenvalue weighted by Crippen LogP contribution is -2.30. The lowest BCUT2D eigenvalue weighted by molar-refractivity contribution is -0.136. The minimum atomic E-state index is -1.00. The van der Waals surface area contributed by atoms with E-state index in [0.717, 1.165) is 0 Å². The van der Waals surface area contributed by atoms with E-state index in [1.807, 2.05) is 6.07 Å². The van der Waals surface area contributed by atoms with E-state index in [1.54, 1.807) is 0 Å². The van der Waals surface area contributed by atoms with Crippen LogP contribution < -0.4 is 10.6 Å². The highest BCUT2D eigenvalue weighted by Gasteiger charge is 2.07. The Labute approximate surface area is 108 Å². The second-order valence-electron chi connectivity index (χ2n) is 3.33. The van der Waals surface area contributed by atoms with E-state index >= 15 is 0 Å². The van der Waals surface area contributed by atoms with Crippen molar-refractivity contribution in [1.29, 1.82) is 5.26 Å². The summed E-state index contributed by atoms with van der Waals surface area (Å²) >= 11 is 5.74. The number of hydrogen-bond donors (Lipinski definition) is 3. The number of rotatable bonds is 4. The molecule has 1 aromatic carbocycles. The zero-order valence-electron chi connectivity index (χ0n) is 9.24. The third-order valence-corrected chi connectivity index (χ3v) is 2.21. The number of carbonyl (C=O) groups is 2. The summed E-state index contributed by atoms with van der Waals surface area (Å²) < 4.78 is 0. The fourth-order valence-electron chi connectivity index (χ4n) is 1.17. The minimum Gasteiger partial charge on any atom is -0.481 e. The lowest BCUT2D eigenvalue weighted by atomic mass is 10.2. The van der Waals surface area contributed by atoms with Gasteiger partial charge in [-0.3, -0.25) is 4.79 Å². The van der Waals surface area contributed by atoms with Gasteiger partial charge in [0.05, 0.1) is 17.7 Å². The molecular formula is C11H10ClN3O3. The van der Waals surface area contributed by atoms with Crippen molar-refractivity contribution in [3.05, 3.63) is 28.8 Å². The van der Waals surface area contributed by atoms with Crippen LogP contribution >= 0.6 is 11.6 Å². The number of nitriles is 1. The molecular weight excluding hydrogens is 258 g/mol. The van der Waals surface area contributed by atoms with Crippen molar-refractivity contribution in [2.24, 2.45) is 0 Å². The Bertz CT molecular complexity index is 511. The van der Waals surface area contributed by atoms with Gasteiger partial charge in [0.1, 0.15) is 6.07 Å². The molecule has 1 aromatic rings. The zero-order chi connectivity index (χ0) is 13.5. The Morgan fingerprint density at radius 2 is 2.17 bits per heavy atom. The Balaban J connectivity index is 2.61. The van der Waals surface area contributed by atoms with Crippen molar-refractivity contribution in [1.82, 2.24) is 5.32 Å². The molecule has 0 fully saturated rings. The largest absolute Gasteiger partial charge is 0.481 e. The Hall–Kier alpha value is -2.26. The predicted octanol–water partition coefficient (Wildman–Crippen LogP) is 1.81. The number of anilines is 1. The maximum Gasteiger partial charge on any atom is 0.319 e. The number of carboxylic acid groups (broad SMARTS) is 1. The van der Waals surface area contributed by atoms with E-state index in [2.05, 4.69) is 10.6 Å². The molecule has 0 unspecified atom stereocenters. The number of benzene rings is 1. The summed E-state index contributed by atoms with van der Waals surface area (Å²) in [6.07, 6.45) is -0.173. The summed E-state index contributed by atoms with van der Waals surface area (Å²) in [6, 6.07) is 5.78. The standard InChI is InChI=1S/C11H10ClN3O3/c12-8-2-1-7(6-13)9(5-8)15-11(18)14-4-3-10(16)17/h1-2,5H,3-4H2,(H,16,17)(H2,14,15,18). The normalized spacial score (nSPS) is 9.33. The number of hydrogen-bond acceptors (Lipinski definition) is 3. The topological polar surface area (TPSA) is 102 Å². The molecule has 1 rings (SSSR count). The van der Waals surface area contributed by atoms with E-state index in [0.29, 0.717) is 5.02 Å². The van der Waals surface area contributed by atoms with E-state index in [4.69, 9.17) is 22.0 Å². The van der Waals surface area contributed by atoms with E-state index in [1.165, 1.54) is 18.2 Å². The van der Waals surface area contributed by atoms with Crippen LogP contribution in [-0.2, 0) is 4.79 Å². The fourth-order valence-corrected chi connectivity index (χ4v) is 1.34. The molecule has 2 amide bonds. The highest BCUT2D eigenvalue weighted by molar-refractivity contribution is 6.31. The number of halogens is 1. The molecule has 94 valence electrons. The number of carbonyl (C=O) groups excluding carboxylic acids is 1. The molecule has 7 heteroatoms. The van der Waals surface area contributed by atoms with Crippen molar-refractivity contribution in [3.63, 3.8) is 0 Å². The maximum atomic E-state index is 11.4. The molecule has 0 aliphatic carbocycles. The average molecular weight is 268 g/mol. The van der Waals surface area contributed by atoms with Crippen LogP contribution in [0.3, 0.4) is 0 Å². The van der Waals surface area contributed by atoms with Gasteiger partial charge in [0, 0.05) is 11.6 Å². The van der Waals surface area contributed by atoms with Gasteiger partial charge in [0.15, 0.2) is 0 Å². The van der Waals surface area contributed by atoms with Crippen LogP contribution in [-0.4, -0.2) is 23.7 Å². The van der Waals surface area contributed by atoms with Gasteiger partial charge >= 0.3 is 12.0 Å². The van der Waals surface area contributed by atoms with Crippen LogP contribution in [0.1, 0.15) is 12.0 Å². The highest BCUT2D eigenvalue weighted by Crippen LogP contribution is 2.20. The molecule has 6 nitrogen and oxygen atoms in total. The highest BCUT2D eigenvalue weighted by atomic mass is 35.5. The average Bonchev–Trinajstić information content (AvgIpc) is 2.28. The molecule has 0 radical (unpaired) electrons. The number of urea groups is 1. The molecule has 0 bridgehead atoms. The van der Waals surface area contributed by atoms with Crippen molar-refractivity contribution in [2.45, 2.75) is 6.42 Å². The van der Waals surface area contributed by atoms with Crippen LogP contribution in [0.4, 0.5) is 10.5 Å². The maximum absolute atomic E-state index is 11.4. The van der Waals surface area contributed by atoms with Gasteiger partial charge in [0.2, 0.25) is 0 Å². The van der Waals surface area contributed by atoms with E-state index in [-0.39, 0.29) is 24.2 Å². The number of carboxylic acids is 1. The molecule has 0 atom stereocenters. The number of nitrogens with zero attached hydrogens (tertiary/aromatic N) is 1. The second kappa shape index (κ2) is 6.47. The van der Waals surface area contributed by atoms with Crippen LogP contribution in [0.25, 0.3) is 0 Å². The van der Waals surface area contributed by atoms with Crippen LogP contribution in [0, 0.1) is 11.3 Å². The molecule has 0 aliphatic rings. The Kier molecular flexibility index (Phi) is 4.96.